The van der Waals surface area contributed by atoms with E-state index in [1.54, 1.807) is 0 Å². The van der Waals surface area contributed by atoms with Gasteiger partial charge in [0.05, 0.1) is 12.1 Å². The van der Waals surface area contributed by atoms with E-state index in [1.165, 1.54) is 5.56 Å². The Labute approximate surface area is 102 Å². The molecule has 0 radical (unpaired) electrons. The zero-order valence-corrected chi connectivity index (χ0v) is 11.4. The van der Waals surface area contributed by atoms with Gasteiger partial charge in [0.1, 0.15) is 0 Å². The molecular formula is C12H17N3OSi. The summed E-state index contributed by atoms with van der Waals surface area (Å²) in [5.74, 6) is 0. The van der Waals surface area contributed by atoms with Gasteiger partial charge in [0, 0.05) is 4.91 Å². The van der Waals surface area contributed by atoms with Crippen molar-refractivity contribution >= 4 is 8.32 Å². The highest BCUT2D eigenvalue weighted by molar-refractivity contribution is 6.69. The topological polar surface area (TPSA) is 58.0 Å². The van der Waals surface area contributed by atoms with Gasteiger partial charge in [-0.25, -0.2) is 0 Å². The van der Waals surface area contributed by atoms with Crippen LogP contribution in [0, 0.1) is 0 Å². The average Bonchev–Trinajstić information content (AvgIpc) is 2.55. The highest BCUT2D eigenvalue weighted by atomic mass is 28.4. The van der Waals surface area contributed by atoms with Crippen LogP contribution in [0.3, 0.4) is 0 Å². The maximum Gasteiger partial charge on any atom is 0.184 e. The van der Waals surface area contributed by atoms with Gasteiger partial charge in [0.2, 0.25) is 0 Å². The lowest BCUT2D eigenvalue weighted by Crippen LogP contribution is -2.33. The number of benzene rings is 1. The van der Waals surface area contributed by atoms with Crippen LogP contribution < -0.4 is 0 Å². The third-order valence-electron chi connectivity index (χ3n) is 2.83. The van der Waals surface area contributed by atoms with Crippen molar-refractivity contribution in [2.75, 3.05) is 0 Å². The third-order valence-corrected chi connectivity index (χ3v) is 3.84. The molecule has 1 aliphatic rings. The van der Waals surface area contributed by atoms with Crippen LogP contribution in [0.15, 0.2) is 29.4 Å². The second-order valence-corrected chi connectivity index (χ2v) is 9.78. The first-order valence-corrected chi connectivity index (χ1v) is 9.22. The zero-order chi connectivity index (χ0) is 12.5. The molecule has 5 heteroatoms. The number of hydrogen-bond donors (Lipinski definition) is 0. The van der Waals surface area contributed by atoms with Crippen LogP contribution in [0.4, 0.5) is 0 Å². The molecule has 0 aromatic heterocycles. The Kier molecular flexibility index (Phi) is 3.24. The van der Waals surface area contributed by atoms with E-state index in [1.807, 2.05) is 18.2 Å². The first-order chi connectivity index (χ1) is 8.01. The molecule has 2 rings (SSSR count). The van der Waals surface area contributed by atoms with Gasteiger partial charge in [-0.1, -0.05) is 29.4 Å². The molecule has 0 unspecified atom stereocenters. The molecule has 4 nitrogen and oxygen atoms in total. The maximum atomic E-state index is 8.68. The number of azide groups is 1. The minimum atomic E-state index is -1.62. The molecule has 0 bridgehead atoms. The van der Waals surface area contributed by atoms with E-state index in [9.17, 15) is 0 Å². The van der Waals surface area contributed by atoms with Crippen LogP contribution in [-0.4, -0.2) is 14.4 Å². The molecule has 0 saturated heterocycles. The smallest absolute Gasteiger partial charge is 0.184 e. The monoisotopic (exact) mass is 247 g/mol. The van der Waals surface area contributed by atoms with Gasteiger partial charge >= 0.3 is 0 Å². The van der Waals surface area contributed by atoms with Crippen LogP contribution in [0.5, 0.6) is 0 Å². The summed E-state index contributed by atoms with van der Waals surface area (Å²) >= 11 is 0. The van der Waals surface area contributed by atoms with E-state index in [4.69, 9.17) is 9.96 Å². The van der Waals surface area contributed by atoms with Crippen LogP contribution in [0.1, 0.15) is 17.2 Å². The first kappa shape index (κ1) is 12.2. The summed E-state index contributed by atoms with van der Waals surface area (Å²) in [7, 11) is -1.62. The van der Waals surface area contributed by atoms with E-state index in [-0.39, 0.29) is 12.1 Å². The standard InChI is InChI=1S/C12H17N3OSi/c1-17(2,3)16-11-8-9-6-4-5-7-10(9)12(11)14-15-13/h4-7,11-12H,8H2,1-3H3/t11-,12-/m0/s1. The Bertz CT molecular complexity index is 463. The summed E-state index contributed by atoms with van der Waals surface area (Å²) in [5.41, 5.74) is 11.0. The SMILES string of the molecule is C[Si](C)(C)O[C@H]1Cc2ccccc2[C@@H]1N=[N+]=[N-]. The molecule has 2 atom stereocenters. The Morgan fingerprint density at radius 2 is 2.06 bits per heavy atom. The lowest BCUT2D eigenvalue weighted by molar-refractivity contribution is 0.177. The van der Waals surface area contributed by atoms with Gasteiger partial charge in [-0.05, 0) is 42.7 Å². The van der Waals surface area contributed by atoms with E-state index < -0.39 is 8.32 Å². The van der Waals surface area contributed by atoms with Crippen molar-refractivity contribution in [1.29, 1.82) is 0 Å². The second kappa shape index (κ2) is 4.53. The van der Waals surface area contributed by atoms with Gasteiger partial charge in [-0.3, -0.25) is 0 Å². The summed E-state index contributed by atoms with van der Waals surface area (Å²) < 4.78 is 6.12. The quantitative estimate of drug-likeness (QED) is 0.347. The summed E-state index contributed by atoms with van der Waals surface area (Å²) in [6.45, 7) is 6.47. The maximum absolute atomic E-state index is 8.68. The number of fused-ring (bicyclic) bond motifs is 1. The summed E-state index contributed by atoms with van der Waals surface area (Å²) in [6.07, 6.45) is 0.861. The molecule has 0 heterocycles. The summed E-state index contributed by atoms with van der Waals surface area (Å²) in [6, 6.07) is 7.95. The third kappa shape index (κ3) is 2.69. The normalized spacial score (nSPS) is 23.0. The Morgan fingerprint density at radius 1 is 1.35 bits per heavy atom. The summed E-state index contributed by atoms with van der Waals surface area (Å²) in [5, 5.41) is 3.91. The van der Waals surface area contributed by atoms with Crippen molar-refractivity contribution in [3.63, 3.8) is 0 Å². The van der Waals surface area contributed by atoms with Crippen LogP contribution in [0.2, 0.25) is 19.6 Å². The molecule has 0 amide bonds. The van der Waals surface area contributed by atoms with Crippen LogP contribution in [-0.2, 0) is 10.8 Å². The van der Waals surface area contributed by atoms with Gasteiger partial charge in [0.25, 0.3) is 0 Å². The number of rotatable bonds is 3. The van der Waals surface area contributed by atoms with Crippen molar-refractivity contribution in [3.05, 3.63) is 45.8 Å². The highest BCUT2D eigenvalue weighted by Crippen LogP contribution is 2.37. The molecule has 0 spiro atoms. The summed E-state index contributed by atoms with van der Waals surface area (Å²) in [4.78, 5) is 2.96. The van der Waals surface area contributed by atoms with Crippen LogP contribution in [0.25, 0.3) is 10.4 Å². The minimum absolute atomic E-state index is 0.00923. The average molecular weight is 247 g/mol. The molecule has 90 valence electrons. The van der Waals surface area contributed by atoms with Crippen molar-refractivity contribution in [2.45, 2.75) is 38.2 Å². The van der Waals surface area contributed by atoms with Gasteiger partial charge in [-0.15, -0.1) is 0 Å². The lowest BCUT2D eigenvalue weighted by atomic mass is 10.1. The fourth-order valence-electron chi connectivity index (χ4n) is 2.29. The molecule has 17 heavy (non-hydrogen) atoms. The molecule has 1 aromatic carbocycles. The van der Waals surface area contributed by atoms with Crippen LogP contribution >= 0.6 is 0 Å². The van der Waals surface area contributed by atoms with Crippen molar-refractivity contribution in [3.8, 4) is 0 Å². The number of nitrogens with zero attached hydrogens (tertiary/aromatic N) is 3. The minimum Gasteiger partial charge on any atom is -0.414 e. The van der Waals surface area contributed by atoms with Gasteiger partial charge in [0.15, 0.2) is 8.32 Å². The van der Waals surface area contributed by atoms with E-state index >= 15 is 0 Å². The van der Waals surface area contributed by atoms with E-state index in [2.05, 4.69) is 35.7 Å². The fraction of sp³-hybridized carbons (Fsp3) is 0.500. The Hall–Kier alpha value is -1.29. The zero-order valence-electron chi connectivity index (χ0n) is 10.4. The second-order valence-electron chi connectivity index (χ2n) is 5.32. The largest absolute Gasteiger partial charge is 0.414 e. The van der Waals surface area contributed by atoms with Crippen molar-refractivity contribution in [1.82, 2.24) is 0 Å². The number of hydrogen-bond acceptors (Lipinski definition) is 2. The Balaban J connectivity index is 2.30. The van der Waals surface area contributed by atoms with Gasteiger partial charge in [-0.2, -0.15) is 0 Å². The van der Waals surface area contributed by atoms with E-state index in [0.29, 0.717) is 0 Å². The van der Waals surface area contributed by atoms with Crippen molar-refractivity contribution in [2.24, 2.45) is 5.11 Å². The molecule has 0 saturated carbocycles. The highest BCUT2D eigenvalue weighted by Gasteiger charge is 2.35. The molecule has 1 aliphatic carbocycles. The lowest BCUT2D eigenvalue weighted by Gasteiger charge is -2.25. The van der Waals surface area contributed by atoms with Crippen molar-refractivity contribution < 1.29 is 4.43 Å². The first-order valence-electron chi connectivity index (χ1n) is 5.81. The van der Waals surface area contributed by atoms with Gasteiger partial charge < -0.3 is 4.43 Å². The Morgan fingerprint density at radius 3 is 2.71 bits per heavy atom. The molecule has 0 N–H and O–H groups in total. The fourth-order valence-corrected chi connectivity index (χ4v) is 3.41. The molecule has 0 fully saturated rings. The predicted octanol–water partition coefficient (Wildman–Crippen LogP) is 3.81. The molecule has 0 aliphatic heterocycles. The molecular weight excluding hydrogens is 230 g/mol. The predicted molar refractivity (Wildman–Crippen MR) is 70.3 cm³/mol. The molecule has 1 aromatic rings. The van der Waals surface area contributed by atoms with E-state index in [0.717, 1.165) is 12.0 Å².